The van der Waals surface area contributed by atoms with Crippen molar-refractivity contribution in [2.45, 2.75) is 52.5 Å². The highest BCUT2D eigenvalue weighted by Crippen LogP contribution is 2.11. The lowest BCUT2D eigenvalue weighted by Crippen LogP contribution is -2.50. The van der Waals surface area contributed by atoms with Crippen molar-refractivity contribution in [3.05, 3.63) is 0 Å². The Morgan fingerprint density at radius 1 is 1.23 bits per heavy atom. The van der Waals surface area contributed by atoms with Gasteiger partial charge in [0.1, 0.15) is 0 Å². The van der Waals surface area contributed by atoms with Gasteiger partial charge < -0.3 is 25.2 Å². The van der Waals surface area contributed by atoms with Gasteiger partial charge in [0.25, 0.3) is 0 Å². The van der Waals surface area contributed by atoms with Crippen molar-refractivity contribution in [1.29, 1.82) is 0 Å². The lowest BCUT2D eigenvalue weighted by Gasteiger charge is -2.32. The third-order valence-electron chi connectivity index (χ3n) is 4.35. The van der Waals surface area contributed by atoms with Crippen molar-refractivity contribution in [3.8, 4) is 0 Å². The Hall–Kier alpha value is -0.770. The van der Waals surface area contributed by atoms with E-state index < -0.39 is 0 Å². The number of likely N-dealkylation sites (tertiary alicyclic amines) is 1. The van der Waals surface area contributed by atoms with E-state index in [1.54, 1.807) is 4.90 Å². The van der Waals surface area contributed by atoms with Crippen LogP contribution in [0, 0.1) is 0 Å². The van der Waals surface area contributed by atoms with E-state index in [-0.39, 0.29) is 30.1 Å². The van der Waals surface area contributed by atoms with Gasteiger partial charge in [-0.2, -0.15) is 0 Å². The average Bonchev–Trinajstić information content (AvgIpc) is 2.61. The largest absolute Gasteiger partial charge is 0.450 e. The van der Waals surface area contributed by atoms with Crippen LogP contribution in [-0.4, -0.2) is 80.8 Å². The van der Waals surface area contributed by atoms with E-state index >= 15 is 0 Å². The van der Waals surface area contributed by atoms with Crippen LogP contribution in [-0.2, 0) is 4.74 Å². The molecule has 1 rings (SSSR count). The topological polar surface area (TPSA) is 69.2 Å². The first-order valence-electron chi connectivity index (χ1n) is 9.75. The number of aliphatic imine (C=N–C) groups is 1. The van der Waals surface area contributed by atoms with Crippen LogP contribution in [0.1, 0.15) is 46.5 Å². The lowest BCUT2D eigenvalue weighted by molar-refractivity contribution is 0.0963. The number of carbonyl (C=O) groups is 1. The summed E-state index contributed by atoms with van der Waals surface area (Å²) in [6.45, 7) is 11.8. The molecule has 0 atom stereocenters. The molecule has 8 heteroatoms. The Kier molecular flexibility index (Phi) is 14.9. The van der Waals surface area contributed by atoms with Crippen LogP contribution in [0.25, 0.3) is 0 Å². The smallest absolute Gasteiger partial charge is 0.409 e. The minimum absolute atomic E-state index is 0. The average molecular weight is 483 g/mol. The molecule has 0 spiro atoms. The Bertz CT molecular complexity index is 401. The number of ether oxygens (including phenoxy) is 1. The first-order chi connectivity index (χ1) is 12.1. The number of hydrogen-bond acceptors (Lipinski definition) is 4. The number of piperidine rings is 1. The van der Waals surface area contributed by atoms with E-state index in [4.69, 9.17) is 4.74 Å². The number of hydrogen-bond donors (Lipinski definition) is 2. The van der Waals surface area contributed by atoms with Crippen LogP contribution in [0.15, 0.2) is 4.99 Å². The van der Waals surface area contributed by atoms with Crippen molar-refractivity contribution >= 4 is 36.0 Å². The number of nitrogens with zero attached hydrogens (tertiary/aromatic N) is 3. The summed E-state index contributed by atoms with van der Waals surface area (Å²) >= 11 is 0. The van der Waals surface area contributed by atoms with E-state index in [0.717, 1.165) is 58.1 Å². The van der Waals surface area contributed by atoms with E-state index in [1.165, 1.54) is 12.8 Å². The second-order valence-corrected chi connectivity index (χ2v) is 6.52. The summed E-state index contributed by atoms with van der Waals surface area (Å²) < 4.78 is 5.07. The van der Waals surface area contributed by atoms with Crippen molar-refractivity contribution < 1.29 is 9.53 Å². The zero-order valence-corrected chi connectivity index (χ0v) is 19.3. The molecular formula is C18H38IN5O2. The zero-order chi connectivity index (χ0) is 18.5. The molecule has 154 valence electrons. The molecule has 1 amide bonds. The first kappa shape index (κ1) is 25.2. The fourth-order valence-corrected chi connectivity index (χ4v) is 2.81. The van der Waals surface area contributed by atoms with Crippen molar-refractivity contribution in [2.75, 3.05) is 52.9 Å². The predicted octanol–water partition coefficient (Wildman–Crippen LogP) is 2.51. The summed E-state index contributed by atoms with van der Waals surface area (Å²) in [6.07, 6.45) is 4.09. The first-order valence-corrected chi connectivity index (χ1v) is 9.75. The molecule has 1 fully saturated rings. The Morgan fingerprint density at radius 2 is 1.92 bits per heavy atom. The fraction of sp³-hybridized carbons (Fsp3) is 0.889. The van der Waals surface area contributed by atoms with E-state index in [0.29, 0.717) is 12.6 Å². The quantitative estimate of drug-likeness (QED) is 0.300. The van der Waals surface area contributed by atoms with Crippen molar-refractivity contribution in [1.82, 2.24) is 20.4 Å². The molecular weight excluding hydrogens is 445 g/mol. The Labute approximate surface area is 176 Å². The van der Waals surface area contributed by atoms with Gasteiger partial charge in [-0.15, -0.1) is 24.0 Å². The lowest BCUT2D eigenvalue weighted by atomic mass is 10.1. The van der Waals surface area contributed by atoms with Gasteiger partial charge in [-0.05, 0) is 46.7 Å². The maximum atomic E-state index is 11.8. The van der Waals surface area contributed by atoms with Crippen LogP contribution in [0.5, 0.6) is 0 Å². The van der Waals surface area contributed by atoms with Crippen molar-refractivity contribution in [2.24, 2.45) is 4.99 Å². The maximum Gasteiger partial charge on any atom is 0.409 e. The van der Waals surface area contributed by atoms with Crippen LogP contribution in [0.2, 0.25) is 0 Å². The van der Waals surface area contributed by atoms with Gasteiger partial charge in [0.15, 0.2) is 5.96 Å². The monoisotopic (exact) mass is 483 g/mol. The zero-order valence-electron chi connectivity index (χ0n) is 16.9. The molecule has 0 radical (unpaired) electrons. The molecule has 26 heavy (non-hydrogen) atoms. The third-order valence-corrected chi connectivity index (χ3v) is 4.35. The molecule has 0 aromatic carbocycles. The summed E-state index contributed by atoms with van der Waals surface area (Å²) in [5.41, 5.74) is 0. The van der Waals surface area contributed by atoms with Crippen molar-refractivity contribution in [3.63, 3.8) is 0 Å². The molecule has 7 nitrogen and oxygen atoms in total. The van der Waals surface area contributed by atoms with Gasteiger partial charge >= 0.3 is 6.09 Å². The highest BCUT2D eigenvalue weighted by Gasteiger charge is 2.23. The number of amides is 1. The molecule has 0 bridgehead atoms. The molecule has 1 aliphatic rings. The molecule has 1 aliphatic heterocycles. The number of carbonyl (C=O) groups excluding carboxylic acids is 1. The Balaban J connectivity index is 0.00000625. The normalized spacial score (nSPS) is 15.6. The minimum atomic E-state index is -0.198. The summed E-state index contributed by atoms with van der Waals surface area (Å²) in [6, 6.07) is 0.348. The molecule has 0 unspecified atom stereocenters. The predicted molar refractivity (Wildman–Crippen MR) is 119 cm³/mol. The van der Waals surface area contributed by atoms with Gasteiger partial charge in [-0.1, -0.05) is 13.3 Å². The summed E-state index contributed by atoms with van der Waals surface area (Å²) in [4.78, 5) is 20.6. The van der Waals surface area contributed by atoms with Crippen LogP contribution >= 0.6 is 24.0 Å². The number of halogens is 1. The van der Waals surface area contributed by atoms with Gasteiger partial charge in [-0.3, -0.25) is 4.99 Å². The number of rotatable bonds is 9. The molecule has 1 saturated heterocycles. The second kappa shape index (κ2) is 15.3. The van der Waals surface area contributed by atoms with Gasteiger partial charge in [0, 0.05) is 32.2 Å². The molecule has 0 aromatic rings. The summed E-state index contributed by atoms with van der Waals surface area (Å²) in [5.74, 6) is 0.876. The van der Waals surface area contributed by atoms with E-state index in [1.807, 2.05) is 6.92 Å². The highest BCUT2D eigenvalue weighted by molar-refractivity contribution is 14.0. The molecule has 1 heterocycles. The third kappa shape index (κ3) is 10.4. The van der Waals surface area contributed by atoms with Crippen LogP contribution < -0.4 is 10.6 Å². The minimum Gasteiger partial charge on any atom is -0.450 e. The van der Waals surface area contributed by atoms with E-state index in [9.17, 15) is 4.79 Å². The number of unbranched alkanes of at least 4 members (excludes halogenated alkanes) is 1. The highest BCUT2D eigenvalue weighted by atomic mass is 127. The summed E-state index contributed by atoms with van der Waals surface area (Å²) in [5, 5.41) is 6.82. The van der Waals surface area contributed by atoms with Gasteiger partial charge in [0.05, 0.1) is 13.2 Å². The van der Waals surface area contributed by atoms with Crippen LogP contribution in [0.4, 0.5) is 4.79 Å². The van der Waals surface area contributed by atoms with Crippen LogP contribution in [0.3, 0.4) is 0 Å². The fourth-order valence-electron chi connectivity index (χ4n) is 2.81. The number of nitrogens with one attached hydrogen (secondary N) is 2. The maximum absolute atomic E-state index is 11.8. The SMILES string of the molecule is CCCCN(C)CCN=C(NCC)NC1CCN(C(=O)OCC)CC1.I. The second-order valence-electron chi connectivity index (χ2n) is 6.52. The molecule has 0 aromatic heterocycles. The van der Waals surface area contributed by atoms with E-state index in [2.05, 4.69) is 41.4 Å². The van der Waals surface area contributed by atoms with Gasteiger partial charge in [0.2, 0.25) is 0 Å². The standard InChI is InChI=1S/C18H37N5O2.HI/c1-5-8-12-22(4)15-11-20-17(19-6-2)21-16-9-13-23(14-10-16)18(24)25-7-3;/h16H,5-15H2,1-4H3,(H2,19,20,21);1H. The number of guanidine groups is 1. The molecule has 2 N–H and O–H groups in total. The van der Waals surface area contributed by atoms with Gasteiger partial charge in [-0.25, -0.2) is 4.79 Å². The Morgan fingerprint density at radius 3 is 2.50 bits per heavy atom. The molecule has 0 saturated carbocycles. The summed E-state index contributed by atoms with van der Waals surface area (Å²) in [7, 11) is 2.15. The molecule has 0 aliphatic carbocycles. The number of likely N-dealkylation sites (N-methyl/N-ethyl adjacent to an activating group) is 1.